The average Bonchev–Trinajstić information content (AvgIpc) is 2.87. The highest BCUT2D eigenvalue weighted by Gasteiger charge is 2.08. The zero-order valence-corrected chi connectivity index (χ0v) is 11.4. The Labute approximate surface area is 109 Å². The summed E-state index contributed by atoms with van der Waals surface area (Å²) in [5, 5.41) is 4.65. The van der Waals surface area contributed by atoms with Crippen LogP contribution in [-0.4, -0.2) is 9.78 Å². The number of hydrogen-bond donors (Lipinski definition) is 0. The number of rotatable bonds is 4. The first-order valence-corrected chi connectivity index (χ1v) is 6.46. The molecule has 2 nitrogen and oxygen atoms in total. The van der Waals surface area contributed by atoms with E-state index in [0.717, 1.165) is 17.7 Å². The molecule has 0 atom stereocenters. The van der Waals surface area contributed by atoms with Gasteiger partial charge in [-0.3, -0.25) is 4.68 Å². The number of hydrogen-bond acceptors (Lipinski definition) is 1. The number of aromatic nitrogens is 2. The van der Waals surface area contributed by atoms with Crippen LogP contribution >= 0.6 is 0 Å². The predicted molar refractivity (Wildman–Crippen MR) is 77.5 cm³/mol. The molecule has 2 rings (SSSR count). The molecule has 0 spiro atoms. The SMILES string of the molecule is C=Cc1ccc(CC)c(-c2ccn(C(C)C)n2)c1. The molecule has 0 saturated carbocycles. The van der Waals surface area contributed by atoms with E-state index in [2.05, 4.69) is 56.7 Å². The van der Waals surface area contributed by atoms with Gasteiger partial charge in [0.05, 0.1) is 5.69 Å². The van der Waals surface area contributed by atoms with E-state index in [1.807, 2.05) is 17.0 Å². The van der Waals surface area contributed by atoms with Gasteiger partial charge in [-0.05, 0) is 43.5 Å². The van der Waals surface area contributed by atoms with Crippen LogP contribution in [0.4, 0.5) is 0 Å². The summed E-state index contributed by atoms with van der Waals surface area (Å²) in [6, 6.07) is 8.92. The average molecular weight is 240 g/mol. The summed E-state index contributed by atoms with van der Waals surface area (Å²) in [6.45, 7) is 10.3. The first kappa shape index (κ1) is 12.6. The molecule has 0 aliphatic rings. The zero-order valence-electron chi connectivity index (χ0n) is 11.4. The summed E-state index contributed by atoms with van der Waals surface area (Å²) in [7, 11) is 0. The quantitative estimate of drug-likeness (QED) is 0.777. The molecule has 0 N–H and O–H groups in total. The van der Waals surface area contributed by atoms with Gasteiger partial charge in [-0.1, -0.05) is 31.7 Å². The van der Waals surface area contributed by atoms with Crippen molar-refractivity contribution in [3.63, 3.8) is 0 Å². The summed E-state index contributed by atoms with van der Waals surface area (Å²) in [6.07, 6.45) is 4.93. The molecule has 2 aromatic rings. The fourth-order valence-electron chi connectivity index (χ4n) is 2.04. The minimum absolute atomic E-state index is 0.395. The largest absolute Gasteiger partial charge is 0.270 e. The highest BCUT2D eigenvalue weighted by atomic mass is 15.3. The number of benzene rings is 1. The van der Waals surface area contributed by atoms with E-state index in [1.165, 1.54) is 11.1 Å². The molecule has 1 aromatic carbocycles. The minimum atomic E-state index is 0.395. The summed E-state index contributed by atoms with van der Waals surface area (Å²) in [5.74, 6) is 0. The van der Waals surface area contributed by atoms with E-state index in [-0.39, 0.29) is 0 Å². The van der Waals surface area contributed by atoms with Crippen molar-refractivity contribution in [1.82, 2.24) is 9.78 Å². The maximum absolute atomic E-state index is 4.65. The molecule has 1 aromatic heterocycles. The molecule has 0 unspecified atom stereocenters. The second-order valence-electron chi connectivity index (χ2n) is 4.75. The molecule has 0 amide bonds. The molecule has 0 aliphatic carbocycles. The van der Waals surface area contributed by atoms with Gasteiger partial charge in [0.15, 0.2) is 0 Å². The lowest BCUT2D eigenvalue weighted by molar-refractivity contribution is 0.534. The third-order valence-electron chi connectivity index (χ3n) is 3.16. The smallest absolute Gasteiger partial charge is 0.0926 e. The van der Waals surface area contributed by atoms with Gasteiger partial charge in [0.25, 0.3) is 0 Å². The van der Waals surface area contributed by atoms with Crippen LogP contribution in [0.5, 0.6) is 0 Å². The van der Waals surface area contributed by atoms with Crippen LogP contribution in [0.15, 0.2) is 37.0 Å². The summed E-state index contributed by atoms with van der Waals surface area (Å²) in [4.78, 5) is 0. The molecule has 94 valence electrons. The van der Waals surface area contributed by atoms with Crippen molar-refractivity contribution in [2.45, 2.75) is 33.2 Å². The highest BCUT2D eigenvalue weighted by Crippen LogP contribution is 2.25. The standard InChI is InChI=1S/C16H20N2/c1-5-13-7-8-14(6-2)15(11-13)16-9-10-18(17-16)12(3)4/h5,7-12H,1,6H2,2-4H3. The third-order valence-corrected chi connectivity index (χ3v) is 3.16. The van der Waals surface area contributed by atoms with Crippen molar-refractivity contribution in [2.75, 3.05) is 0 Å². The van der Waals surface area contributed by atoms with Crippen LogP contribution < -0.4 is 0 Å². The van der Waals surface area contributed by atoms with Crippen molar-refractivity contribution in [2.24, 2.45) is 0 Å². The highest BCUT2D eigenvalue weighted by molar-refractivity contribution is 5.67. The number of aryl methyl sites for hydroxylation is 1. The van der Waals surface area contributed by atoms with Crippen LogP contribution in [0.2, 0.25) is 0 Å². The van der Waals surface area contributed by atoms with Gasteiger partial charge >= 0.3 is 0 Å². The predicted octanol–water partition coefficient (Wildman–Crippen LogP) is 4.34. The molecular formula is C16H20N2. The van der Waals surface area contributed by atoms with Gasteiger partial charge in [-0.25, -0.2) is 0 Å². The number of nitrogens with zero attached hydrogens (tertiary/aromatic N) is 2. The van der Waals surface area contributed by atoms with Gasteiger partial charge < -0.3 is 0 Å². The van der Waals surface area contributed by atoms with Gasteiger partial charge in [0.1, 0.15) is 0 Å². The summed E-state index contributed by atoms with van der Waals surface area (Å²) in [5.41, 5.74) is 4.73. The van der Waals surface area contributed by atoms with Gasteiger partial charge in [-0.2, -0.15) is 5.10 Å². The van der Waals surface area contributed by atoms with E-state index >= 15 is 0 Å². The molecule has 2 heteroatoms. The van der Waals surface area contributed by atoms with Crippen LogP contribution in [-0.2, 0) is 6.42 Å². The Balaban J connectivity index is 2.50. The second-order valence-corrected chi connectivity index (χ2v) is 4.75. The Morgan fingerprint density at radius 1 is 1.33 bits per heavy atom. The lowest BCUT2D eigenvalue weighted by Gasteiger charge is -2.08. The topological polar surface area (TPSA) is 17.8 Å². The first-order valence-electron chi connectivity index (χ1n) is 6.46. The van der Waals surface area contributed by atoms with E-state index in [4.69, 9.17) is 0 Å². The lowest BCUT2D eigenvalue weighted by atomic mass is 9.99. The maximum Gasteiger partial charge on any atom is 0.0926 e. The van der Waals surface area contributed by atoms with Gasteiger partial charge in [0.2, 0.25) is 0 Å². The van der Waals surface area contributed by atoms with E-state index in [9.17, 15) is 0 Å². The fourth-order valence-corrected chi connectivity index (χ4v) is 2.04. The van der Waals surface area contributed by atoms with E-state index < -0.39 is 0 Å². The van der Waals surface area contributed by atoms with Crippen molar-refractivity contribution >= 4 is 6.08 Å². The molecule has 0 aliphatic heterocycles. The molecule has 18 heavy (non-hydrogen) atoms. The van der Waals surface area contributed by atoms with E-state index in [0.29, 0.717) is 6.04 Å². The van der Waals surface area contributed by atoms with Crippen molar-refractivity contribution in [3.8, 4) is 11.3 Å². The Hall–Kier alpha value is -1.83. The molecule has 0 fully saturated rings. The summed E-state index contributed by atoms with van der Waals surface area (Å²) >= 11 is 0. The second kappa shape index (κ2) is 5.21. The maximum atomic E-state index is 4.65. The molecular weight excluding hydrogens is 220 g/mol. The van der Waals surface area contributed by atoms with Crippen molar-refractivity contribution < 1.29 is 0 Å². The Kier molecular flexibility index (Phi) is 3.66. The Bertz CT molecular complexity index is 550. The molecule has 0 bridgehead atoms. The zero-order chi connectivity index (χ0) is 13.1. The monoisotopic (exact) mass is 240 g/mol. The first-order chi connectivity index (χ1) is 8.65. The fraction of sp³-hybridized carbons (Fsp3) is 0.312. The van der Waals surface area contributed by atoms with Gasteiger partial charge in [-0.15, -0.1) is 0 Å². The van der Waals surface area contributed by atoms with Crippen molar-refractivity contribution in [1.29, 1.82) is 0 Å². The molecule has 0 radical (unpaired) electrons. The van der Waals surface area contributed by atoms with Crippen LogP contribution in [0.3, 0.4) is 0 Å². The van der Waals surface area contributed by atoms with Crippen LogP contribution in [0, 0.1) is 0 Å². The lowest BCUT2D eigenvalue weighted by Crippen LogP contribution is -2.01. The van der Waals surface area contributed by atoms with E-state index in [1.54, 1.807) is 0 Å². The van der Waals surface area contributed by atoms with Crippen molar-refractivity contribution in [3.05, 3.63) is 48.2 Å². The van der Waals surface area contributed by atoms with Crippen LogP contribution in [0.25, 0.3) is 17.3 Å². The minimum Gasteiger partial charge on any atom is -0.270 e. The molecule has 1 heterocycles. The third kappa shape index (κ3) is 2.37. The normalized spacial score (nSPS) is 10.9. The van der Waals surface area contributed by atoms with Gasteiger partial charge in [0, 0.05) is 17.8 Å². The Morgan fingerprint density at radius 3 is 2.67 bits per heavy atom. The van der Waals surface area contributed by atoms with Crippen LogP contribution in [0.1, 0.15) is 37.9 Å². The summed E-state index contributed by atoms with van der Waals surface area (Å²) < 4.78 is 2.00. The Morgan fingerprint density at radius 2 is 2.11 bits per heavy atom. The molecule has 0 saturated heterocycles.